The third-order valence-corrected chi connectivity index (χ3v) is 2.91. The molecular weight excluding hydrogens is 270 g/mol. The third kappa shape index (κ3) is 2.56. The first-order valence-corrected chi connectivity index (χ1v) is 5.65. The number of nitrogens with zero attached hydrogens (tertiary/aromatic N) is 1. The second kappa shape index (κ2) is 5.07. The summed E-state index contributed by atoms with van der Waals surface area (Å²) in [6.45, 7) is 0. The highest BCUT2D eigenvalue weighted by Crippen LogP contribution is 2.34. The number of nitro benzene ring substituents is 1. The van der Waals surface area contributed by atoms with Crippen LogP contribution in [0.4, 0.5) is 5.69 Å². The number of benzene rings is 2. The second-order valence-corrected chi connectivity index (χ2v) is 4.18. The molecule has 2 aromatic carbocycles. The zero-order valence-electron chi connectivity index (χ0n) is 9.54. The maximum Gasteiger partial charge on any atom is 0.337 e. The van der Waals surface area contributed by atoms with Crippen LogP contribution in [0.5, 0.6) is 0 Å². The molecule has 0 atom stereocenters. The summed E-state index contributed by atoms with van der Waals surface area (Å²) in [5, 5.41) is 19.9. The van der Waals surface area contributed by atoms with E-state index in [1.54, 1.807) is 30.3 Å². The van der Waals surface area contributed by atoms with Gasteiger partial charge in [-0.2, -0.15) is 0 Å². The number of aromatic carboxylic acids is 1. The Balaban J connectivity index is 2.71. The highest BCUT2D eigenvalue weighted by Gasteiger charge is 2.21. The number of halogens is 1. The lowest BCUT2D eigenvalue weighted by Crippen LogP contribution is -2.01. The predicted molar refractivity (Wildman–Crippen MR) is 70.5 cm³/mol. The molecule has 1 N–H and O–H groups in total. The molecule has 0 aliphatic carbocycles. The molecule has 19 heavy (non-hydrogen) atoms. The largest absolute Gasteiger partial charge is 0.478 e. The lowest BCUT2D eigenvalue weighted by atomic mass is 10.0. The summed E-state index contributed by atoms with van der Waals surface area (Å²) in [7, 11) is 0. The fourth-order valence-corrected chi connectivity index (χ4v) is 1.97. The Morgan fingerprint density at radius 2 is 1.84 bits per heavy atom. The monoisotopic (exact) mass is 277 g/mol. The van der Waals surface area contributed by atoms with Crippen molar-refractivity contribution >= 4 is 23.3 Å². The molecular formula is C13H8ClNO4. The molecule has 6 heteroatoms. The van der Waals surface area contributed by atoms with Crippen molar-refractivity contribution in [2.75, 3.05) is 0 Å². The van der Waals surface area contributed by atoms with Crippen molar-refractivity contribution in [1.82, 2.24) is 0 Å². The van der Waals surface area contributed by atoms with E-state index in [0.717, 1.165) is 6.07 Å². The minimum absolute atomic E-state index is 0.0306. The van der Waals surface area contributed by atoms with Gasteiger partial charge in [-0.25, -0.2) is 4.79 Å². The summed E-state index contributed by atoms with van der Waals surface area (Å²) >= 11 is 5.85. The van der Waals surface area contributed by atoms with Crippen LogP contribution in [-0.2, 0) is 0 Å². The Kier molecular flexibility index (Phi) is 3.48. The summed E-state index contributed by atoms with van der Waals surface area (Å²) in [5.74, 6) is -1.30. The minimum Gasteiger partial charge on any atom is -0.478 e. The molecule has 5 nitrogen and oxygen atoms in total. The van der Waals surface area contributed by atoms with Gasteiger partial charge in [0.15, 0.2) is 0 Å². The SMILES string of the molecule is O=C(O)c1cc([N+](=O)[O-])c(-c2ccccc2)cc1Cl. The van der Waals surface area contributed by atoms with Gasteiger partial charge < -0.3 is 5.11 Å². The van der Waals surface area contributed by atoms with Crippen molar-refractivity contribution in [3.63, 3.8) is 0 Å². The molecule has 0 spiro atoms. The van der Waals surface area contributed by atoms with Crippen molar-refractivity contribution in [2.24, 2.45) is 0 Å². The third-order valence-electron chi connectivity index (χ3n) is 2.60. The molecule has 0 aromatic heterocycles. The predicted octanol–water partition coefficient (Wildman–Crippen LogP) is 3.61. The van der Waals surface area contributed by atoms with E-state index < -0.39 is 10.9 Å². The molecule has 0 heterocycles. The average Bonchev–Trinajstić information content (AvgIpc) is 2.38. The topological polar surface area (TPSA) is 80.4 Å². The first-order chi connectivity index (χ1) is 9.00. The van der Waals surface area contributed by atoms with Gasteiger partial charge in [0, 0.05) is 6.07 Å². The molecule has 0 saturated carbocycles. The van der Waals surface area contributed by atoms with Crippen molar-refractivity contribution in [3.05, 3.63) is 63.2 Å². The zero-order chi connectivity index (χ0) is 14.0. The molecule has 0 aliphatic heterocycles. The first kappa shape index (κ1) is 13.0. The smallest absolute Gasteiger partial charge is 0.337 e. The molecule has 2 rings (SSSR count). The average molecular weight is 278 g/mol. The lowest BCUT2D eigenvalue weighted by molar-refractivity contribution is -0.384. The Morgan fingerprint density at radius 1 is 1.21 bits per heavy atom. The molecule has 0 radical (unpaired) electrons. The van der Waals surface area contributed by atoms with Crippen molar-refractivity contribution in [3.8, 4) is 11.1 Å². The highest BCUT2D eigenvalue weighted by molar-refractivity contribution is 6.34. The van der Waals surface area contributed by atoms with Gasteiger partial charge in [0.1, 0.15) is 0 Å². The van der Waals surface area contributed by atoms with Crippen LogP contribution in [-0.4, -0.2) is 16.0 Å². The molecule has 0 unspecified atom stereocenters. The van der Waals surface area contributed by atoms with Crippen LogP contribution in [0.3, 0.4) is 0 Å². The molecule has 96 valence electrons. The van der Waals surface area contributed by atoms with E-state index in [0.29, 0.717) is 11.1 Å². The van der Waals surface area contributed by atoms with E-state index in [9.17, 15) is 14.9 Å². The van der Waals surface area contributed by atoms with E-state index >= 15 is 0 Å². The minimum atomic E-state index is -1.30. The molecule has 0 bridgehead atoms. The van der Waals surface area contributed by atoms with E-state index in [1.165, 1.54) is 6.07 Å². The molecule has 0 amide bonds. The van der Waals surface area contributed by atoms with Crippen LogP contribution in [0, 0.1) is 10.1 Å². The molecule has 0 aliphatic rings. The Hall–Kier alpha value is -2.40. The Bertz CT molecular complexity index is 655. The summed E-state index contributed by atoms with van der Waals surface area (Å²) < 4.78 is 0. The van der Waals surface area contributed by atoms with Gasteiger partial charge >= 0.3 is 5.97 Å². The summed E-state index contributed by atoms with van der Waals surface area (Å²) in [4.78, 5) is 21.4. The van der Waals surface area contributed by atoms with Crippen LogP contribution >= 0.6 is 11.6 Å². The van der Waals surface area contributed by atoms with E-state index in [4.69, 9.17) is 16.7 Å². The highest BCUT2D eigenvalue weighted by atomic mass is 35.5. The number of carboxylic acids is 1. The molecule has 0 saturated heterocycles. The maximum absolute atomic E-state index is 11.1. The number of hydrogen-bond acceptors (Lipinski definition) is 3. The van der Waals surface area contributed by atoms with Crippen molar-refractivity contribution in [1.29, 1.82) is 0 Å². The fourth-order valence-electron chi connectivity index (χ4n) is 1.73. The second-order valence-electron chi connectivity index (χ2n) is 3.78. The lowest BCUT2D eigenvalue weighted by Gasteiger charge is -2.06. The van der Waals surface area contributed by atoms with Crippen molar-refractivity contribution in [2.45, 2.75) is 0 Å². The molecule has 2 aromatic rings. The van der Waals surface area contributed by atoms with Crippen LogP contribution in [0.25, 0.3) is 11.1 Å². The van der Waals surface area contributed by atoms with Crippen LogP contribution in [0.1, 0.15) is 10.4 Å². The summed E-state index contributed by atoms with van der Waals surface area (Å²) in [5.41, 5.74) is 0.328. The van der Waals surface area contributed by atoms with E-state index in [-0.39, 0.29) is 16.3 Å². The van der Waals surface area contributed by atoms with E-state index in [1.807, 2.05) is 0 Å². The normalized spacial score (nSPS) is 10.2. The standard InChI is InChI=1S/C13H8ClNO4/c14-11-6-9(8-4-2-1-3-5-8)12(15(18)19)7-10(11)13(16)17/h1-7H,(H,16,17). The number of hydrogen-bond donors (Lipinski definition) is 1. The van der Waals surface area contributed by atoms with Gasteiger partial charge in [-0.3, -0.25) is 10.1 Å². The molecule has 0 fully saturated rings. The van der Waals surface area contributed by atoms with Crippen LogP contribution in [0.15, 0.2) is 42.5 Å². The first-order valence-electron chi connectivity index (χ1n) is 5.27. The van der Waals surface area contributed by atoms with Crippen LogP contribution in [0.2, 0.25) is 5.02 Å². The fraction of sp³-hybridized carbons (Fsp3) is 0. The van der Waals surface area contributed by atoms with Gasteiger partial charge in [0.05, 0.1) is 21.1 Å². The quantitative estimate of drug-likeness (QED) is 0.686. The zero-order valence-corrected chi connectivity index (χ0v) is 10.3. The Labute approximate surface area is 113 Å². The van der Waals surface area contributed by atoms with Crippen molar-refractivity contribution < 1.29 is 14.8 Å². The summed E-state index contributed by atoms with van der Waals surface area (Å²) in [6.07, 6.45) is 0. The van der Waals surface area contributed by atoms with Gasteiger partial charge in [-0.15, -0.1) is 0 Å². The van der Waals surface area contributed by atoms with Gasteiger partial charge in [-0.1, -0.05) is 41.9 Å². The maximum atomic E-state index is 11.1. The summed E-state index contributed by atoms with van der Waals surface area (Å²) in [6, 6.07) is 10.9. The van der Waals surface area contributed by atoms with E-state index in [2.05, 4.69) is 0 Å². The number of rotatable bonds is 3. The van der Waals surface area contributed by atoms with Gasteiger partial charge in [0.2, 0.25) is 0 Å². The number of carbonyl (C=O) groups is 1. The number of carboxylic acid groups (broad SMARTS) is 1. The van der Waals surface area contributed by atoms with Crippen LogP contribution < -0.4 is 0 Å². The number of nitro groups is 1. The van der Waals surface area contributed by atoms with Gasteiger partial charge in [0.25, 0.3) is 5.69 Å². The van der Waals surface area contributed by atoms with Gasteiger partial charge in [-0.05, 0) is 11.6 Å². The Morgan fingerprint density at radius 3 is 2.37 bits per heavy atom.